The minimum absolute atomic E-state index is 0.0170. The lowest BCUT2D eigenvalue weighted by Crippen LogP contribution is -2.33. The van der Waals surface area contributed by atoms with Crippen molar-refractivity contribution in [3.63, 3.8) is 0 Å². The molecule has 0 radical (unpaired) electrons. The maximum Gasteiger partial charge on any atom is 0.420 e. The zero-order valence-corrected chi connectivity index (χ0v) is 16.6. The van der Waals surface area contributed by atoms with Crippen LogP contribution in [0.15, 0.2) is 48.2 Å². The Bertz CT molecular complexity index is 1080. The van der Waals surface area contributed by atoms with Crippen LogP contribution >= 0.6 is 0 Å². The average molecular weight is 450 g/mol. The number of cyclic esters (lactones) is 1. The predicted molar refractivity (Wildman–Crippen MR) is 104 cm³/mol. The highest BCUT2D eigenvalue weighted by Crippen LogP contribution is 2.39. The molecule has 168 valence electrons. The topological polar surface area (TPSA) is 117 Å². The number of imide groups is 1. The Balaban J connectivity index is 1.82. The van der Waals surface area contributed by atoms with E-state index in [0.717, 1.165) is 18.2 Å². The van der Waals surface area contributed by atoms with Crippen molar-refractivity contribution in [2.45, 2.75) is 18.6 Å². The van der Waals surface area contributed by atoms with Crippen molar-refractivity contribution < 1.29 is 41.8 Å². The van der Waals surface area contributed by atoms with Crippen LogP contribution in [0.3, 0.4) is 0 Å². The number of carbonyl (C=O) groups excluding carboxylic acids is 3. The number of amides is 2. The molecule has 11 heteroatoms. The Kier molecular flexibility index (Phi) is 6.49. The van der Waals surface area contributed by atoms with Crippen LogP contribution in [0.1, 0.15) is 16.7 Å². The van der Waals surface area contributed by atoms with E-state index in [2.05, 4.69) is 9.47 Å². The summed E-state index contributed by atoms with van der Waals surface area (Å²) in [5.41, 5.74) is 5.25. The number of methoxy groups -OCH3 is 1. The maximum absolute atomic E-state index is 13.6. The maximum atomic E-state index is 13.6. The van der Waals surface area contributed by atoms with Gasteiger partial charge in [0.25, 0.3) is 5.91 Å². The fourth-order valence-corrected chi connectivity index (χ4v) is 2.83. The number of halogens is 3. The van der Waals surface area contributed by atoms with Gasteiger partial charge in [0.05, 0.1) is 12.7 Å². The third-order valence-electron chi connectivity index (χ3n) is 4.36. The molecule has 2 aromatic carbocycles. The lowest BCUT2D eigenvalue weighted by Gasteiger charge is -2.15. The first-order valence-electron chi connectivity index (χ1n) is 9.13. The summed E-state index contributed by atoms with van der Waals surface area (Å²) in [6.07, 6.45) is -4.57. The molecular weight excluding hydrogens is 433 g/mol. The molecule has 1 atom stereocenters. The van der Waals surface area contributed by atoms with E-state index in [0.29, 0.717) is 5.56 Å². The molecule has 1 aliphatic heterocycles. The lowest BCUT2D eigenvalue weighted by molar-refractivity contribution is -0.142. The van der Waals surface area contributed by atoms with Gasteiger partial charge in [0, 0.05) is 0 Å². The van der Waals surface area contributed by atoms with Gasteiger partial charge in [0.2, 0.25) is 0 Å². The van der Waals surface area contributed by atoms with Crippen molar-refractivity contribution in [3.8, 4) is 11.5 Å². The monoisotopic (exact) mass is 450 g/mol. The van der Waals surface area contributed by atoms with E-state index in [1.54, 1.807) is 12.1 Å². The Hall–Kier alpha value is -3.86. The fraction of sp³-hybridized carbons (Fsp3) is 0.190. The summed E-state index contributed by atoms with van der Waals surface area (Å²) in [4.78, 5) is 34.0. The van der Waals surface area contributed by atoms with Gasteiger partial charge in [-0.1, -0.05) is 18.2 Å². The van der Waals surface area contributed by atoms with Gasteiger partial charge < -0.3 is 19.9 Å². The highest BCUT2D eigenvalue weighted by molar-refractivity contribution is 6.09. The number of rotatable bonds is 6. The number of nitrogens with two attached hydrogens (primary N) is 1. The molecule has 1 aliphatic rings. The zero-order chi connectivity index (χ0) is 23.5. The summed E-state index contributed by atoms with van der Waals surface area (Å²) in [5, 5.41) is 1.85. The second-order valence-electron chi connectivity index (χ2n) is 6.69. The van der Waals surface area contributed by atoms with Crippen LogP contribution in [0.5, 0.6) is 11.5 Å². The number of hydrogen-bond donors (Lipinski definition) is 2. The predicted octanol–water partition coefficient (Wildman–Crippen LogP) is 3.15. The lowest BCUT2D eigenvalue weighted by atomic mass is 10.1. The van der Waals surface area contributed by atoms with E-state index in [9.17, 15) is 27.6 Å². The van der Waals surface area contributed by atoms with Crippen LogP contribution in [0.25, 0.3) is 6.08 Å². The molecule has 0 aromatic heterocycles. The molecule has 2 amide bonds. The van der Waals surface area contributed by atoms with Crippen molar-refractivity contribution in [1.82, 2.24) is 5.32 Å². The second kappa shape index (κ2) is 9.10. The van der Waals surface area contributed by atoms with Gasteiger partial charge in [-0.25, -0.2) is 4.79 Å². The molecule has 0 bridgehead atoms. The number of carbonyl (C=O) groups is 3. The van der Waals surface area contributed by atoms with Crippen LogP contribution in [0.2, 0.25) is 0 Å². The van der Waals surface area contributed by atoms with Crippen LogP contribution in [0.4, 0.5) is 18.0 Å². The Morgan fingerprint density at radius 1 is 1.19 bits per heavy atom. The Labute approximate surface area is 179 Å². The van der Waals surface area contributed by atoms with Crippen molar-refractivity contribution in [3.05, 3.63) is 64.9 Å². The Morgan fingerprint density at radius 3 is 2.44 bits per heavy atom. The summed E-state index contributed by atoms with van der Waals surface area (Å²) in [5.74, 6) is -2.19. The minimum Gasteiger partial charge on any atom is -0.468 e. The molecule has 8 nitrogen and oxygen atoms in total. The summed E-state index contributed by atoms with van der Waals surface area (Å²) in [7, 11) is 1.22. The first-order chi connectivity index (χ1) is 15.1. The van der Waals surface area contributed by atoms with Crippen molar-refractivity contribution >= 4 is 24.0 Å². The van der Waals surface area contributed by atoms with Crippen LogP contribution in [0, 0.1) is 0 Å². The number of esters is 1. The molecule has 1 saturated heterocycles. The van der Waals surface area contributed by atoms with Crippen molar-refractivity contribution in [1.29, 1.82) is 0 Å². The molecule has 2 aromatic rings. The van der Waals surface area contributed by atoms with E-state index in [1.807, 2.05) is 5.32 Å². The molecule has 1 unspecified atom stereocenters. The molecule has 3 N–H and O–H groups in total. The van der Waals surface area contributed by atoms with Crippen LogP contribution in [-0.2, 0) is 31.7 Å². The largest absolute Gasteiger partial charge is 0.468 e. The van der Waals surface area contributed by atoms with E-state index in [-0.39, 0.29) is 17.7 Å². The summed E-state index contributed by atoms with van der Waals surface area (Å²) >= 11 is 0. The van der Waals surface area contributed by atoms with E-state index < -0.39 is 47.3 Å². The molecule has 0 aliphatic carbocycles. The van der Waals surface area contributed by atoms with Crippen molar-refractivity contribution in [2.75, 3.05) is 7.11 Å². The fourth-order valence-electron chi connectivity index (χ4n) is 2.83. The van der Waals surface area contributed by atoms with Gasteiger partial charge in [-0.3, -0.25) is 14.9 Å². The quantitative estimate of drug-likeness (QED) is 0.513. The number of nitrogens with one attached hydrogen (secondary N) is 1. The first kappa shape index (κ1) is 22.8. The molecule has 1 fully saturated rings. The van der Waals surface area contributed by atoms with Crippen LogP contribution < -0.4 is 15.8 Å². The van der Waals surface area contributed by atoms with Gasteiger partial charge in [-0.05, 0) is 47.9 Å². The van der Waals surface area contributed by atoms with Crippen LogP contribution in [-0.4, -0.2) is 31.1 Å². The third kappa shape index (κ3) is 5.43. The van der Waals surface area contributed by atoms with Gasteiger partial charge >= 0.3 is 18.2 Å². The van der Waals surface area contributed by atoms with E-state index in [1.165, 1.54) is 25.3 Å². The van der Waals surface area contributed by atoms with Crippen molar-refractivity contribution in [2.24, 2.45) is 5.73 Å². The number of benzene rings is 2. The number of ether oxygens (including phenoxy) is 3. The zero-order valence-electron chi connectivity index (χ0n) is 16.6. The number of alkyl halides is 3. The average Bonchev–Trinajstić information content (AvgIpc) is 3.05. The molecule has 0 spiro atoms. The van der Waals surface area contributed by atoms with Gasteiger partial charge in [0.1, 0.15) is 17.5 Å². The molecule has 0 saturated carbocycles. The smallest absolute Gasteiger partial charge is 0.420 e. The van der Waals surface area contributed by atoms with Gasteiger partial charge in [-0.15, -0.1) is 0 Å². The SMILES string of the molecule is COC(=O)C(N)Cc1ccc(Oc2ccc(/C=C3/OC(=O)NC3=O)cc2C(F)(F)F)cc1. The summed E-state index contributed by atoms with van der Waals surface area (Å²) < 4.78 is 55.3. The molecule has 32 heavy (non-hydrogen) atoms. The number of hydrogen-bond acceptors (Lipinski definition) is 7. The van der Waals surface area contributed by atoms with Gasteiger partial charge in [-0.2, -0.15) is 13.2 Å². The highest BCUT2D eigenvalue weighted by atomic mass is 19.4. The third-order valence-corrected chi connectivity index (χ3v) is 4.36. The van der Waals surface area contributed by atoms with E-state index in [4.69, 9.17) is 10.5 Å². The normalized spacial score (nSPS) is 15.8. The Morgan fingerprint density at radius 2 is 1.88 bits per heavy atom. The van der Waals surface area contributed by atoms with Gasteiger partial charge in [0.15, 0.2) is 5.76 Å². The second-order valence-corrected chi connectivity index (χ2v) is 6.69. The molecule has 1 heterocycles. The first-order valence-corrected chi connectivity index (χ1v) is 9.13. The minimum atomic E-state index is -4.76. The molecular formula is C21H17F3N2O6. The summed E-state index contributed by atoms with van der Waals surface area (Å²) in [6, 6.07) is 8.28. The standard InChI is InChI=1S/C21H17F3N2O6/c1-30-19(28)15(25)9-11-2-5-13(6-3-11)31-16-7-4-12(8-14(16)21(22,23)24)10-17-18(27)26-20(29)32-17/h2-8,10,15H,9,25H2,1H3,(H,26,27,29)/b17-10+. The summed E-state index contributed by atoms with van der Waals surface area (Å²) in [6.45, 7) is 0. The van der Waals surface area contributed by atoms with E-state index >= 15 is 0 Å². The highest BCUT2D eigenvalue weighted by Gasteiger charge is 2.35. The molecule has 3 rings (SSSR count). The number of alkyl carbamates (subject to hydrolysis) is 1.